The molecule has 1 atom stereocenters. The molecule has 2 rings (SSSR count). The third-order valence-electron chi connectivity index (χ3n) is 2.42. The molecule has 1 aromatic heterocycles. The van der Waals surface area contributed by atoms with Gasteiger partial charge in [0.25, 0.3) is 0 Å². The number of rotatable bonds is 1. The predicted molar refractivity (Wildman–Crippen MR) is 67.7 cm³/mol. The van der Waals surface area contributed by atoms with E-state index in [1.54, 1.807) is 11.3 Å². The first kappa shape index (κ1) is 11.6. The van der Waals surface area contributed by atoms with Crippen molar-refractivity contribution in [3.05, 3.63) is 15.9 Å². The number of thiophene rings is 1. The quantitative estimate of drug-likeness (QED) is 0.740. The molecule has 0 aromatic carbocycles. The molecular formula is C10H14BBrO2S. The van der Waals surface area contributed by atoms with Crippen LogP contribution in [0.5, 0.6) is 0 Å². The Hall–Kier alpha value is 0.165. The van der Waals surface area contributed by atoms with Gasteiger partial charge in [-0.25, -0.2) is 0 Å². The molecule has 0 saturated carbocycles. The zero-order chi connectivity index (χ0) is 11.1. The Morgan fingerprint density at radius 3 is 2.87 bits per heavy atom. The van der Waals surface area contributed by atoms with E-state index in [1.165, 1.54) is 0 Å². The summed E-state index contributed by atoms with van der Waals surface area (Å²) in [5.74, 6) is 0. The van der Waals surface area contributed by atoms with E-state index < -0.39 is 0 Å². The van der Waals surface area contributed by atoms with E-state index in [-0.39, 0.29) is 18.8 Å². The average molecular weight is 289 g/mol. The van der Waals surface area contributed by atoms with Gasteiger partial charge in [0.15, 0.2) is 0 Å². The lowest BCUT2D eigenvalue weighted by Gasteiger charge is -2.37. The van der Waals surface area contributed by atoms with Crippen molar-refractivity contribution in [1.29, 1.82) is 0 Å². The van der Waals surface area contributed by atoms with Gasteiger partial charge in [-0.3, -0.25) is 0 Å². The van der Waals surface area contributed by atoms with Gasteiger partial charge in [0, 0.05) is 15.4 Å². The second-order valence-corrected chi connectivity index (χ2v) is 6.30. The molecule has 2 heterocycles. The molecule has 15 heavy (non-hydrogen) atoms. The van der Waals surface area contributed by atoms with Gasteiger partial charge in [-0.05, 0) is 38.6 Å². The molecule has 0 amide bonds. The fourth-order valence-electron chi connectivity index (χ4n) is 1.91. The maximum absolute atomic E-state index is 5.93. The average Bonchev–Trinajstić information content (AvgIpc) is 2.47. The van der Waals surface area contributed by atoms with E-state index in [1.807, 2.05) is 11.4 Å². The highest BCUT2D eigenvalue weighted by Gasteiger charge is 2.39. The molecule has 5 heteroatoms. The molecule has 1 unspecified atom stereocenters. The minimum absolute atomic E-state index is 0.105. The lowest BCUT2D eigenvalue weighted by Crippen LogP contribution is -2.51. The topological polar surface area (TPSA) is 18.5 Å². The first-order valence-electron chi connectivity index (χ1n) is 5.04. The van der Waals surface area contributed by atoms with Gasteiger partial charge in [0.1, 0.15) is 0 Å². The van der Waals surface area contributed by atoms with Crippen molar-refractivity contribution in [2.24, 2.45) is 0 Å². The lowest BCUT2D eigenvalue weighted by atomic mass is 9.81. The van der Waals surface area contributed by atoms with Crippen LogP contribution >= 0.6 is 27.3 Å². The summed E-state index contributed by atoms with van der Waals surface area (Å²) in [5, 5.41) is 2.04. The van der Waals surface area contributed by atoms with Crippen molar-refractivity contribution in [2.75, 3.05) is 0 Å². The maximum atomic E-state index is 5.93. The Labute approximate surface area is 103 Å². The number of hydrogen-bond donors (Lipinski definition) is 0. The summed E-state index contributed by atoms with van der Waals surface area (Å²) in [6.45, 7) is 6.32. The zero-order valence-electron chi connectivity index (χ0n) is 9.12. The summed E-state index contributed by atoms with van der Waals surface area (Å²) in [6, 6.07) is 2.03. The molecule has 0 bridgehead atoms. The molecule has 1 aliphatic rings. The molecule has 0 spiro atoms. The van der Waals surface area contributed by atoms with E-state index in [9.17, 15) is 0 Å². The van der Waals surface area contributed by atoms with Gasteiger partial charge in [0.2, 0.25) is 0 Å². The van der Waals surface area contributed by atoms with Gasteiger partial charge in [-0.1, -0.05) is 15.9 Å². The van der Waals surface area contributed by atoms with Crippen molar-refractivity contribution in [3.63, 3.8) is 0 Å². The van der Waals surface area contributed by atoms with Gasteiger partial charge >= 0.3 is 7.12 Å². The third kappa shape index (κ3) is 2.64. The van der Waals surface area contributed by atoms with Crippen LogP contribution in [0.25, 0.3) is 0 Å². The highest BCUT2D eigenvalue weighted by Crippen LogP contribution is 2.27. The van der Waals surface area contributed by atoms with Crippen LogP contribution in [0.15, 0.2) is 15.9 Å². The van der Waals surface area contributed by atoms with Crippen LogP contribution in [-0.2, 0) is 9.31 Å². The van der Waals surface area contributed by atoms with Crippen molar-refractivity contribution >= 4 is 39.2 Å². The molecular weight excluding hydrogens is 275 g/mol. The van der Waals surface area contributed by atoms with Crippen molar-refractivity contribution < 1.29 is 9.31 Å². The summed E-state index contributed by atoms with van der Waals surface area (Å²) in [4.78, 5) is 0. The maximum Gasteiger partial charge on any atom is 0.506 e. The molecule has 0 N–H and O–H groups in total. The Kier molecular flexibility index (Phi) is 3.26. The molecule has 0 radical (unpaired) electrons. The minimum Gasteiger partial charge on any atom is -0.404 e. The molecule has 1 aromatic rings. The second-order valence-electron chi connectivity index (χ2n) is 4.49. The molecule has 1 aliphatic heterocycles. The first-order valence-corrected chi connectivity index (χ1v) is 6.71. The van der Waals surface area contributed by atoms with E-state index >= 15 is 0 Å². The van der Waals surface area contributed by atoms with E-state index in [4.69, 9.17) is 9.31 Å². The molecule has 82 valence electrons. The lowest BCUT2D eigenvalue weighted by molar-refractivity contribution is -0.0227. The standard InChI is InChI=1S/C10H14BBrO2S/c1-7-6-10(2,3)14-11(13-7)9-8(12)4-5-15-9/h4-5,7H,6H2,1-3H3. The first-order chi connectivity index (χ1) is 6.98. The van der Waals surface area contributed by atoms with E-state index in [0.29, 0.717) is 0 Å². The monoisotopic (exact) mass is 288 g/mol. The Balaban J connectivity index is 2.20. The molecule has 1 fully saturated rings. The highest BCUT2D eigenvalue weighted by molar-refractivity contribution is 9.10. The summed E-state index contributed by atoms with van der Waals surface area (Å²) in [5.41, 5.74) is -0.105. The third-order valence-corrected chi connectivity index (χ3v) is 4.31. The summed E-state index contributed by atoms with van der Waals surface area (Å²) >= 11 is 5.17. The number of hydrogen-bond acceptors (Lipinski definition) is 3. The van der Waals surface area contributed by atoms with Crippen LogP contribution in [0.2, 0.25) is 0 Å². The van der Waals surface area contributed by atoms with Gasteiger partial charge in [-0.15, -0.1) is 0 Å². The zero-order valence-corrected chi connectivity index (χ0v) is 11.5. The Morgan fingerprint density at radius 2 is 2.33 bits per heavy atom. The highest BCUT2D eigenvalue weighted by atomic mass is 79.9. The minimum atomic E-state index is -0.224. The van der Waals surface area contributed by atoms with Crippen LogP contribution in [0.3, 0.4) is 0 Å². The van der Waals surface area contributed by atoms with Crippen molar-refractivity contribution in [1.82, 2.24) is 0 Å². The van der Waals surface area contributed by atoms with Crippen LogP contribution in [0.1, 0.15) is 27.2 Å². The SMILES string of the molecule is CC1CC(C)(C)OB(c2sccc2Br)O1. The van der Waals surface area contributed by atoms with Crippen LogP contribution in [-0.4, -0.2) is 18.8 Å². The Morgan fingerprint density at radius 1 is 1.60 bits per heavy atom. The van der Waals surface area contributed by atoms with Crippen molar-refractivity contribution in [2.45, 2.75) is 38.9 Å². The normalized spacial score (nSPS) is 25.6. The molecule has 2 nitrogen and oxygen atoms in total. The fourth-order valence-corrected chi connectivity index (χ4v) is 3.43. The largest absolute Gasteiger partial charge is 0.506 e. The smallest absolute Gasteiger partial charge is 0.404 e. The Bertz CT molecular complexity index is 353. The fraction of sp³-hybridized carbons (Fsp3) is 0.600. The van der Waals surface area contributed by atoms with E-state index in [0.717, 1.165) is 15.7 Å². The summed E-state index contributed by atoms with van der Waals surface area (Å²) in [7, 11) is -0.224. The van der Waals surface area contributed by atoms with Gasteiger partial charge < -0.3 is 9.31 Å². The second kappa shape index (κ2) is 4.20. The van der Waals surface area contributed by atoms with Gasteiger partial charge in [0.05, 0.1) is 5.60 Å². The summed E-state index contributed by atoms with van der Waals surface area (Å²) in [6.07, 6.45) is 1.18. The van der Waals surface area contributed by atoms with Crippen molar-refractivity contribution in [3.8, 4) is 0 Å². The molecule has 0 aliphatic carbocycles. The summed E-state index contributed by atoms with van der Waals surface area (Å²) < 4.78 is 13.9. The number of halogens is 1. The van der Waals surface area contributed by atoms with Gasteiger partial charge in [-0.2, -0.15) is 11.3 Å². The van der Waals surface area contributed by atoms with E-state index in [2.05, 4.69) is 36.7 Å². The molecule has 1 saturated heterocycles. The van der Waals surface area contributed by atoms with Crippen LogP contribution in [0, 0.1) is 0 Å². The predicted octanol–water partition coefficient (Wildman–Crippen LogP) is 2.81. The van der Waals surface area contributed by atoms with Crippen LogP contribution in [0.4, 0.5) is 0 Å². The van der Waals surface area contributed by atoms with Crippen LogP contribution < -0.4 is 4.78 Å².